The van der Waals surface area contributed by atoms with E-state index in [2.05, 4.69) is 10.4 Å². The van der Waals surface area contributed by atoms with Gasteiger partial charge in [0.2, 0.25) is 5.75 Å². The van der Waals surface area contributed by atoms with Crippen molar-refractivity contribution in [2.24, 2.45) is 0 Å². The summed E-state index contributed by atoms with van der Waals surface area (Å²) < 4.78 is 17.9. The topological polar surface area (TPSA) is 118 Å². The third-order valence-corrected chi connectivity index (χ3v) is 6.19. The molecule has 0 unspecified atom stereocenters. The van der Waals surface area contributed by atoms with Crippen LogP contribution in [0.15, 0.2) is 82.7 Å². The molecule has 11 heteroatoms. The highest BCUT2D eigenvalue weighted by Gasteiger charge is 2.16. The summed E-state index contributed by atoms with van der Waals surface area (Å²) in [5, 5.41) is 18.4. The Kier molecular flexibility index (Phi) is 7.94. The second-order valence-electron chi connectivity index (χ2n) is 7.85. The van der Waals surface area contributed by atoms with E-state index in [1.807, 2.05) is 31.2 Å². The van der Waals surface area contributed by atoms with E-state index in [0.717, 1.165) is 10.5 Å². The van der Waals surface area contributed by atoms with Crippen molar-refractivity contribution >= 4 is 29.0 Å². The van der Waals surface area contributed by atoms with Crippen LogP contribution in [0, 0.1) is 17.0 Å². The lowest BCUT2D eigenvalue weighted by atomic mass is 10.2. The molecule has 4 aromatic rings. The molecule has 1 aromatic heterocycles. The molecule has 190 valence electrons. The highest BCUT2D eigenvalue weighted by molar-refractivity contribution is 7.99. The monoisotopic (exact) mass is 520 g/mol. The summed E-state index contributed by atoms with van der Waals surface area (Å²) in [5.74, 6) is 0.883. The average molecular weight is 521 g/mol. The lowest BCUT2D eigenvalue weighted by molar-refractivity contribution is -0.385. The van der Waals surface area contributed by atoms with E-state index in [4.69, 9.17) is 14.2 Å². The Morgan fingerprint density at radius 3 is 2.38 bits per heavy atom. The number of para-hydroxylation sites is 1. The van der Waals surface area contributed by atoms with Crippen LogP contribution < -0.4 is 19.5 Å². The molecule has 0 bridgehead atoms. The van der Waals surface area contributed by atoms with Gasteiger partial charge in [0.25, 0.3) is 11.6 Å². The number of carbonyl (C=O) groups excluding carboxylic acids is 1. The zero-order valence-electron chi connectivity index (χ0n) is 20.3. The van der Waals surface area contributed by atoms with Crippen LogP contribution in [0.2, 0.25) is 0 Å². The zero-order chi connectivity index (χ0) is 26.4. The number of aryl methyl sites for hydroxylation is 1. The number of nitro groups is 1. The van der Waals surface area contributed by atoms with E-state index in [0.29, 0.717) is 27.8 Å². The van der Waals surface area contributed by atoms with Crippen LogP contribution in [-0.2, 0) is 6.73 Å². The molecule has 0 aliphatic rings. The number of methoxy groups -OCH3 is 2. The van der Waals surface area contributed by atoms with Crippen molar-refractivity contribution in [3.8, 4) is 17.2 Å². The van der Waals surface area contributed by atoms with Crippen LogP contribution in [0.3, 0.4) is 0 Å². The Hall–Kier alpha value is -4.51. The van der Waals surface area contributed by atoms with Crippen molar-refractivity contribution in [3.05, 3.63) is 94.3 Å². The Morgan fingerprint density at radius 2 is 1.73 bits per heavy atom. The molecule has 1 amide bonds. The molecule has 4 rings (SSSR count). The van der Waals surface area contributed by atoms with Crippen molar-refractivity contribution in [2.75, 3.05) is 19.5 Å². The predicted octanol–water partition coefficient (Wildman–Crippen LogP) is 5.56. The van der Waals surface area contributed by atoms with Crippen LogP contribution in [0.5, 0.6) is 17.2 Å². The molecular weight excluding hydrogens is 496 g/mol. The van der Waals surface area contributed by atoms with Gasteiger partial charge < -0.3 is 19.5 Å². The number of nitro benzene ring substituents is 1. The fraction of sp³-hybridized carbons (Fsp3) is 0.154. The van der Waals surface area contributed by atoms with Crippen molar-refractivity contribution in [3.63, 3.8) is 0 Å². The number of carbonyl (C=O) groups is 1. The molecular formula is C26H24N4O6S. The number of aromatic nitrogens is 2. The van der Waals surface area contributed by atoms with Gasteiger partial charge >= 0.3 is 0 Å². The van der Waals surface area contributed by atoms with Gasteiger partial charge in [-0.2, -0.15) is 5.10 Å². The standard InChI is InChI=1S/C26H24N4O6S/c1-17-7-9-20(10-8-17)37-21-14-18(13-19(15-21)30(32)33)27-26(31)22-11-12-29(28-22)16-36-25-23(34-2)5-4-6-24(25)35-3/h4-15H,16H2,1-3H3,(H,27,31). The zero-order valence-corrected chi connectivity index (χ0v) is 21.2. The first kappa shape index (κ1) is 25.6. The van der Waals surface area contributed by atoms with Gasteiger partial charge in [0.05, 0.1) is 19.1 Å². The van der Waals surface area contributed by atoms with E-state index in [1.165, 1.54) is 48.9 Å². The van der Waals surface area contributed by atoms with Gasteiger partial charge in [0, 0.05) is 33.8 Å². The molecule has 0 aliphatic heterocycles. The van der Waals surface area contributed by atoms with Crippen molar-refractivity contribution in [1.29, 1.82) is 0 Å². The molecule has 10 nitrogen and oxygen atoms in total. The van der Waals surface area contributed by atoms with E-state index in [1.54, 1.807) is 30.5 Å². The number of amides is 1. The number of anilines is 1. The van der Waals surface area contributed by atoms with Crippen molar-refractivity contribution < 1.29 is 23.9 Å². The molecule has 1 N–H and O–H groups in total. The molecule has 0 fully saturated rings. The lowest BCUT2D eigenvalue weighted by Gasteiger charge is -2.13. The van der Waals surface area contributed by atoms with Gasteiger partial charge in [-0.05, 0) is 43.3 Å². The summed E-state index contributed by atoms with van der Waals surface area (Å²) in [5.41, 5.74) is 1.40. The highest BCUT2D eigenvalue weighted by Crippen LogP contribution is 2.37. The summed E-state index contributed by atoms with van der Waals surface area (Å²) in [7, 11) is 3.05. The fourth-order valence-corrected chi connectivity index (χ4v) is 4.31. The van der Waals surface area contributed by atoms with Crippen LogP contribution in [0.25, 0.3) is 0 Å². The maximum atomic E-state index is 12.8. The number of nitrogens with zero attached hydrogens (tertiary/aromatic N) is 3. The minimum absolute atomic E-state index is 0.00183. The average Bonchev–Trinajstić information content (AvgIpc) is 3.37. The molecule has 3 aromatic carbocycles. The second-order valence-corrected chi connectivity index (χ2v) is 8.99. The molecule has 1 heterocycles. The van der Waals surface area contributed by atoms with Crippen molar-refractivity contribution in [1.82, 2.24) is 9.78 Å². The fourth-order valence-electron chi connectivity index (χ4n) is 3.40. The maximum Gasteiger partial charge on any atom is 0.276 e. The molecule has 0 radical (unpaired) electrons. The Bertz CT molecular complexity index is 1400. The molecule has 0 atom stereocenters. The van der Waals surface area contributed by atoms with E-state index in [-0.39, 0.29) is 18.1 Å². The number of hydrogen-bond acceptors (Lipinski definition) is 8. The van der Waals surface area contributed by atoms with Crippen LogP contribution in [0.1, 0.15) is 16.1 Å². The van der Waals surface area contributed by atoms with Gasteiger partial charge in [-0.1, -0.05) is 35.5 Å². The van der Waals surface area contributed by atoms with Gasteiger partial charge in [-0.3, -0.25) is 14.9 Å². The van der Waals surface area contributed by atoms with Gasteiger partial charge in [-0.25, -0.2) is 4.68 Å². The minimum atomic E-state index is -0.514. The largest absolute Gasteiger partial charge is 0.493 e. The van der Waals surface area contributed by atoms with Crippen LogP contribution in [-0.4, -0.2) is 34.8 Å². The highest BCUT2D eigenvalue weighted by atomic mass is 32.2. The number of hydrogen-bond donors (Lipinski definition) is 1. The molecule has 0 aliphatic carbocycles. The number of ether oxygens (including phenoxy) is 3. The Balaban J connectivity index is 1.47. The van der Waals surface area contributed by atoms with Gasteiger partial charge in [-0.15, -0.1) is 0 Å². The third-order valence-electron chi connectivity index (χ3n) is 5.21. The SMILES string of the molecule is COc1cccc(OC)c1OCn1ccc(C(=O)Nc2cc(Sc3ccc(C)cc3)cc([N+](=O)[O-])c2)n1. The number of non-ortho nitro benzene ring substituents is 1. The number of nitrogens with one attached hydrogen (secondary N) is 1. The summed E-state index contributed by atoms with van der Waals surface area (Å²) in [6, 6.07) is 19.1. The first-order chi connectivity index (χ1) is 17.9. The third kappa shape index (κ3) is 6.39. The van der Waals surface area contributed by atoms with Gasteiger partial charge in [0.1, 0.15) is 0 Å². The Morgan fingerprint density at radius 1 is 1.03 bits per heavy atom. The summed E-state index contributed by atoms with van der Waals surface area (Å²) in [6.45, 7) is 1.98. The normalized spacial score (nSPS) is 10.6. The summed E-state index contributed by atoms with van der Waals surface area (Å²) in [4.78, 5) is 25.4. The first-order valence-corrected chi connectivity index (χ1v) is 11.9. The minimum Gasteiger partial charge on any atom is -0.493 e. The van der Waals surface area contributed by atoms with Crippen LogP contribution in [0.4, 0.5) is 11.4 Å². The summed E-state index contributed by atoms with van der Waals surface area (Å²) in [6.07, 6.45) is 1.59. The molecule has 0 saturated heterocycles. The Labute approximate surface area is 217 Å². The smallest absolute Gasteiger partial charge is 0.276 e. The molecule has 37 heavy (non-hydrogen) atoms. The predicted molar refractivity (Wildman–Crippen MR) is 139 cm³/mol. The van der Waals surface area contributed by atoms with Gasteiger partial charge in [0.15, 0.2) is 23.9 Å². The van der Waals surface area contributed by atoms with E-state index >= 15 is 0 Å². The quantitative estimate of drug-likeness (QED) is 0.213. The molecule has 0 saturated carbocycles. The number of benzene rings is 3. The van der Waals surface area contributed by atoms with E-state index < -0.39 is 10.8 Å². The lowest BCUT2D eigenvalue weighted by Crippen LogP contribution is -2.14. The van der Waals surface area contributed by atoms with E-state index in [9.17, 15) is 14.9 Å². The first-order valence-electron chi connectivity index (χ1n) is 11.1. The maximum absolute atomic E-state index is 12.8. The second kappa shape index (κ2) is 11.5. The van der Waals surface area contributed by atoms with Crippen molar-refractivity contribution in [2.45, 2.75) is 23.4 Å². The summed E-state index contributed by atoms with van der Waals surface area (Å²) >= 11 is 1.37. The van der Waals surface area contributed by atoms with Crippen LogP contribution >= 0.6 is 11.8 Å². The molecule has 0 spiro atoms. The number of rotatable bonds is 10.